The molecule has 6 nitrogen and oxygen atoms in total. The van der Waals surface area contributed by atoms with E-state index in [-0.39, 0.29) is 6.61 Å². The van der Waals surface area contributed by atoms with Crippen molar-refractivity contribution in [1.29, 1.82) is 0 Å². The maximum absolute atomic E-state index is 9.10. The summed E-state index contributed by atoms with van der Waals surface area (Å²) in [6, 6.07) is 15.5. The van der Waals surface area contributed by atoms with Crippen LogP contribution in [0.5, 0.6) is 5.75 Å². The molecule has 0 radical (unpaired) electrons. The van der Waals surface area contributed by atoms with Gasteiger partial charge in [0.1, 0.15) is 5.75 Å². The Balaban J connectivity index is 1.68. The Hall–Kier alpha value is -2.99. The van der Waals surface area contributed by atoms with Gasteiger partial charge in [-0.2, -0.15) is 5.10 Å². The Morgan fingerprint density at radius 2 is 1.96 bits per heavy atom. The second-order valence-corrected chi connectivity index (χ2v) is 5.76. The molecule has 0 aliphatic rings. The van der Waals surface area contributed by atoms with Gasteiger partial charge < -0.3 is 20.9 Å². The van der Waals surface area contributed by atoms with Gasteiger partial charge in [0.15, 0.2) is 5.82 Å². The lowest BCUT2D eigenvalue weighted by Crippen LogP contribution is -2.02. The largest absolute Gasteiger partial charge is 0.497 e. The Morgan fingerprint density at radius 1 is 1.16 bits per heavy atom. The van der Waals surface area contributed by atoms with Gasteiger partial charge in [0, 0.05) is 30.2 Å². The third-order valence-electron chi connectivity index (χ3n) is 3.94. The zero-order valence-electron chi connectivity index (χ0n) is 14.1. The van der Waals surface area contributed by atoms with E-state index in [1.165, 1.54) is 0 Å². The van der Waals surface area contributed by atoms with Crippen molar-refractivity contribution in [1.82, 2.24) is 9.78 Å². The number of ether oxygens (including phenoxy) is 1. The lowest BCUT2D eigenvalue weighted by atomic mass is 10.1. The Bertz CT molecular complexity index is 828. The van der Waals surface area contributed by atoms with Gasteiger partial charge in [-0.25, -0.2) is 0 Å². The summed E-state index contributed by atoms with van der Waals surface area (Å²) < 4.78 is 7.04. The number of aliphatic hydroxyl groups is 1. The van der Waals surface area contributed by atoms with Crippen LogP contribution in [0, 0.1) is 0 Å². The van der Waals surface area contributed by atoms with Crippen molar-refractivity contribution in [2.75, 3.05) is 24.8 Å². The number of nitrogens with zero attached hydrogens (tertiary/aromatic N) is 2. The number of rotatable bonds is 7. The van der Waals surface area contributed by atoms with E-state index >= 15 is 0 Å². The van der Waals surface area contributed by atoms with Gasteiger partial charge >= 0.3 is 0 Å². The fourth-order valence-corrected chi connectivity index (χ4v) is 2.60. The molecule has 0 bridgehead atoms. The molecule has 25 heavy (non-hydrogen) atoms. The molecule has 3 aromatic rings. The van der Waals surface area contributed by atoms with Crippen molar-refractivity contribution in [2.45, 2.75) is 13.0 Å². The topological polar surface area (TPSA) is 85.3 Å². The minimum absolute atomic E-state index is 0.0736. The van der Waals surface area contributed by atoms with Gasteiger partial charge in [0.2, 0.25) is 0 Å². The van der Waals surface area contributed by atoms with Gasteiger partial charge in [0.05, 0.1) is 13.7 Å². The van der Waals surface area contributed by atoms with E-state index in [9.17, 15) is 0 Å². The molecule has 0 saturated carbocycles. The van der Waals surface area contributed by atoms with Crippen molar-refractivity contribution < 1.29 is 9.84 Å². The quantitative estimate of drug-likeness (QED) is 0.577. The van der Waals surface area contributed by atoms with Gasteiger partial charge in [-0.3, -0.25) is 4.68 Å². The number of hydrogen-bond acceptors (Lipinski definition) is 5. The molecule has 0 amide bonds. The summed E-state index contributed by atoms with van der Waals surface area (Å²) in [4.78, 5) is 0. The molecule has 0 saturated heterocycles. The zero-order valence-corrected chi connectivity index (χ0v) is 14.1. The number of methoxy groups -OCH3 is 1. The second-order valence-electron chi connectivity index (χ2n) is 5.76. The van der Waals surface area contributed by atoms with E-state index < -0.39 is 0 Å². The van der Waals surface area contributed by atoms with Crippen LogP contribution in [0.4, 0.5) is 17.2 Å². The number of nitrogens with one attached hydrogen (secondary N) is 1. The molecule has 0 aliphatic carbocycles. The SMILES string of the molecule is COc1ccc(Cn2ccc(Nc3ccc(N)c(CCO)c3)n2)cc1. The number of nitrogen functional groups attached to an aromatic ring is 1. The van der Waals surface area contributed by atoms with Gasteiger partial charge in [-0.15, -0.1) is 0 Å². The van der Waals surface area contributed by atoms with Crippen molar-refractivity contribution in [3.8, 4) is 5.75 Å². The smallest absolute Gasteiger partial charge is 0.152 e. The molecule has 0 spiro atoms. The van der Waals surface area contributed by atoms with Crippen LogP contribution < -0.4 is 15.8 Å². The highest BCUT2D eigenvalue weighted by atomic mass is 16.5. The third-order valence-corrected chi connectivity index (χ3v) is 3.94. The van der Waals surface area contributed by atoms with Crippen molar-refractivity contribution in [2.24, 2.45) is 0 Å². The maximum Gasteiger partial charge on any atom is 0.152 e. The predicted octanol–water partition coefficient (Wildman–Crippen LogP) is 2.80. The highest BCUT2D eigenvalue weighted by molar-refractivity contribution is 5.62. The summed E-state index contributed by atoms with van der Waals surface area (Å²) >= 11 is 0. The number of anilines is 3. The van der Waals surface area contributed by atoms with E-state index in [2.05, 4.69) is 10.4 Å². The molecule has 2 aromatic carbocycles. The highest BCUT2D eigenvalue weighted by Crippen LogP contribution is 2.21. The first-order valence-electron chi connectivity index (χ1n) is 8.10. The maximum atomic E-state index is 9.10. The molecule has 1 heterocycles. The minimum Gasteiger partial charge on any atom is -0.497 e. The predicted molar refractivity (Wildman–Crippen MR) is 99.2 cm³/mol. The molecule has 130 valence electrons. The highest BCUT2D eigenvalue weighted by Gasteiger charge is 2.04. The molecular weight excluding hydrogens is 316 g/mol. The summed E-state index contributed by atoms with van der Waals surface area (Å²) in [7, 11) is 1.66. The number of benzene rings is 2. The van der Waals surface area contributed by atoms with E-state index in [4.69, 9.17) is 15.6 Å². The van der Waals surface area contributed by atoms with Gasteiger partial charge in [-0.1, -0.05) is 12.1 Å². The molecule has 0 atom stereocenters. The Labute approximate surface area is 146 Å². The van der Waals surface area contributed by atoms with Crippen LogP contribution in [0.15, 0.2) is 54.7 Å². The molecule has 0 unspecified atom stereocenters. The molecule has 3 rings (SSSR count). The molecular formula is C19H22N4O2. The van der Waals surface area contributed by atoms with Gasteiger partial charge in [0.25, 0.3) is 0 Å². The van der Waals surface area contributed by atoms with Gasteiger partial charge in [-0.05, 0) is 47.9 Å². The summed E-state index contributed by atoms with van der Waals surface area (Å²) in [5, 5.41) is 16.9. The third kappa shape index (κ3) is 4.30. The fraction of sp³-hybridized carbons (Fsp3) is 0.211. The van der Waals surface area contributed by atoms with Crippen LogP contribution >= 0.6 is 0 Å². The second kappa shape index (κ2) is 7.72. The average Bonchev–Trinajstić information content (AvgIpc) is 3.06. The molecule has 1 aromatic heterocycles. The standard InChI is InChI=1S/C19H22N4O2/c1-25-17-5-2-14(3-6-17)13-23-10-8-19(22-23)21-16-4-7-18(20)15(12-16)9-11-24/h2-8,10,12,24H,9,11,13,20H2,1H3,(H,21,22). The lowest BCUT2D eigenvalue weighted by Gasteiger charge is -2.08. The first-order valence-corrected chi connectivity index (χ1v) is 8.10. The molecule has 0 fully saturated rings. The normalized spacial score (nSPS) is 10.6. The summed E-state index contributed by atoms with van der Waals surface area (Å²) in [5.41, 5.74) is 9.56. The van der Waals surface area contributed by atoms with E-state index in [1.54, 1.807) is 7.11 Å². The Kier molecular flexibility index (Phi) is 5.20. The number of aliphatic hydroxyl groups excluding tert-OH is 1. The molecule has 4 N–H and O–H groups in total. The summed E-state index contributed by atoms with van der Waals surface area (Å²) in [6.07, 6.45) is 2.46. The summed E-state index contributed by atoms with van der Waals surface area (Å²) in [5.74, 6) is 1.60. The Morgan fingerprint density at radius 3 is 2.68 bits per heavy atom. The molecule has 0 aliphatic heterocycles. The fourth-order valence-electron chi connectivity index (χ4n) is 2.60. The van der Waals surface area contributed by atoms with E-state index in [0.717, 1.165) is 28.4 Å². The van der Waals surface area contributed by atoms with Crippen molar-refractivity contribution in [3.05, 3.63) is 65.9 Å². The van der Waals surface area contributed by atoms with Crippen molar-refractivity contribution >= 4 is 17.2 Å². The number of hydrogen-bond donors (Lipinski definition) is 3. The minimum atomic E-state index is 0.0736. The number of aromatic nitrogens is 2. The van der Waals surface area contributed by atoms with Crippen LogP contribution in [0.3, 0.4) is 0 Å². The monoisotopic (exact) mass is 338 g/mol. The van der Waals surface area contributed by atoms with Crippen LogP contribution in [0.2, 0.25) is 0 Å². The first-order chi connectivity index (χ1) is 12.2. The van der Waals surface area contributed by atoms with Crippen LogP contribution in [-0.4, -0.2) is 28.6 Å². The lowest BCUT2D eigenvalue weighted by molar-refractivity contribution is 0.300. The van der Waals surface area contributed by atoms with E-state index in [1.807, 2.05) is 59.4 Å². The average molecular weight is 338 g/mol. The summed E-state index contributed by atoms with van der Waals surface area (Å²) in [6.45, 7) is 0.757. The zero-order chi connectivity index (χ0) is 17.6. The van der Waals surface area contributed by atoms with Crippen LogP contribution in [-0.2, 0) is 13.0 Å². The number of nitrogens with two attached hydrogens (primary N) is 1. The van der Waals surface area contributed by atoms with Crippen molar-refractivity contribution in [3.63, 3.8) is 0 Å². The van der Waals surface area contributed by atoms with Crippen LogP contribution in [0.1, 0.15) is 11.1 Å². The van der Waals surface area contributed by atoms with E-state index in [0.29, 0.717) is 18.7 Å². The molecule has 6 heteroatoms. The van der Waals surface area contributed by atoms with Crippen LogP contribution in [0.25, 0.3) is 0 Å². The first kappa shape index (κ1) is 16.9.